The predicted octanol–water partition coefficient (Wildman–Crippen LogP) is 14.5. The van der Waals surface area contributed by atoms with E-state index in [1.807, 2.05) is 0 Å². The van der Waals surface area contributed by atoms with Gasteiger partial charge < -0.3 is 20.3 Å². The Morgan fingerprint density at radius 3 is 1.57 bits per heavy atom. The van der Waals surface area contributed by atoms with Crippen LogP contribution in [0, 0.1) is 0 Å². The Balaban J connectivity index is 4.63. The number of aliphatic hydroxyl groups is 2. The smallest absolute Gasteiger partial charge is 0.306 e. The van der Waals surface area contributed by atoms with E-state index in [-0.39, 0.29) is 24.9 Å². The van der Waals surface area contributed by atoms with Crippen molar-refractivity contribution >= 4 is 11.9 Å². The highest BCUT2D eigenvalue weighted by atomic mass is 16.5. The number of hydrogen-bond acceptors (Lipinski definition) is 5. The Kier molecular flexibility index (Phi) is 43.7. The van der Waals surface area contributed by atoms with Gasteiger partial charge in [0.05, 0.1) is 25.2 Å². The topological polar surface area (TPSA) is 95.9 Å². The number of esters is 1. The second-order valence-electron chi connectivity index (χ2n) is 16.5. The summed E-state index contributed by atoms with van der Waals surface area (Å²) in [5, 5.41) is 23.6. The predicted molar refractivity (Wildman–Crippen MR) is 250 cm³/mol. The van der Waals surface area contributed by atoms with Crippen LogP contribution in [0.25, 0.3) is 0 Å². The van der Waals surface area contributed by atoms with E-state index in [0.29, 0.717) is 19.3 Å². The zero-order valence-electron chi connectivity index (χ0n) is 38.2. The fourth-order valence-electron chi connectivity index (χ4n) is 7.17. The number of hydrogen-bond donors (Lipinski definition) is 3. The Hall–Kier alpha value is -2.44. The largest absolute Gasteiger partial charge is 0.462 e. The van der Waals surface area contributed by atoms with Crippen molar-refractivity contribution in [3.05, 3.63) is 60.8 Å². The molecule has 0 rings (SSSR count). The molecule has 0 bridgehead atoms. The maximum Gasteiger partial charge on any atom is 0.306 e. The summed E-state index contributed by atoms with van der Waals surface area (Å²) in [6.07, 6.45) is 55.6. The van der Waals surface area contributed by atoms with Gasteiger partial charge in [-0.3, -0.25) is 9.59 Å². The van der Waals surface area contributed by atoms with Gasteiger partial charge in [0, 0.05) is 6.42 Å². The summed E-state index contributed by atoms with van der Waals surface area (Å²) in [5.41, 5.74) is 0. The summed E-state index contributed by atoms with van der Waals surface area (Å²) in [4.78, 5) is 26.1. The highest BCUT2D eigenvalue weighted by Crippen LogP contribution is 2.17. The molecule has 0 aliphatic heterocycles. The van der Waals surface area contributed by atoms with Crippen molar-refractivity contribution in [3.63, 3.8) is 0 Å². The van der Waals surface area contributed by atoms with Gasteiger partial charge in [0.1, 0.15) is 6.10 Å². The minimum atomic E-state index is -0.793. The zero-order valence-corrected chi connectivity index (χ0v) is 38.2. The van der Waals surface area contributed by atoms with Crippen LogP contribution in [0.15, 0.2) is 60.8 Å². The Bertz CT molecular complexity index is 1050. The second-order valence-corrected chi connectivity index (χ2v) is 16.5. The molecule has 0 aromatic carbocycles. The molecule has 0 saturated heterocycles. The Morgan fingerprint density at radius 2 is 1.00 bits per heavy atom. The molecule has 0 heterocycles. The molecule has 0 radical (unpaired) electrons. The van der Waals surface area contributed by atoms with Crippen molar-refractivity contribution in [2.75, 3.05) is 6.61 Å². The molecule has 0 spiro atoms. The van der Waals surface area contributed by atoms with E-state index in [9.17, 15) is 19.8 Å². The molecule has 336 valence electrons. The first-order valence-electron chi connectivity index (χ1n) is 24.5. The molecule has 6 nitrogen and oxygen atoms in total. The molecule has 1 amide bonds. The summed E-state index contributed by atoms with van der Waals surface area (Å²) in [7, 11) is 0. The van der Waals surface area contributed by atoms with E-state index in [4.69, 9.17) is 4.74 Å². The van der Waals surface area contributed by atoms with Gasteiger partial charge in [0.2, 0.25) is 5.91 Å². The molecule has 3 N–H and O–H groups in total. The number of aliphatic hydroxyl groups excluding tert-OH is 2. The Morgan fingerprint density at radius 1 is 0.534 bits per heavy atom. The SMILES string of the molecule is CC/C=C/C=C/C=C\CCCCCCCC(=O)OC(CCCCCCCCC/C=C\C/C=C\CCCCC)CC(=O)NC(CO)C(O)CCCCCCCCCCC. The van der Waals surface area contributed by atoms with Crippen LogP contribution in [0.5, 0.6) is 0 Å². The van der Waals surface area contributed by atoms with Gasteiger partial charge in [-0.15, -0.1) is 0 Å². The summed E-state index contributed by atoms with van der Waals surface area (Å²) in [5.74, 6) is -0.507. The second kappa shape index (κ2) is 45.6. The van der Waals surface area contributed by atoms with Crippen LogP contribution in [0.3, 0.4) is 0 Å². The van der Waals surface area contributed by atoms with E-state index < -0.39 is 18.2 Å². The number of carbonyl (C=O) groups excluding carboxylic acids is 2. The minimum Gasteiger partial charge on any atom is -0.462 e. The maximum atomic E-state index is 13.2. The van der Waals surface area contributed by atoms with Gasteiger partial charge in [-0.05, 0) is 77.0 Å². The quantitative estimate of drug-likeness (QED) is 0.0247. The summed E-state index contributed by atoms with van der Waals surface area (Å²) >= 11 is 0. The van der Waals surface area contributed by atoms with Gasteiger partial charge in [0.15, 0.2) is 0 Å². The van der Waals surface area contributed by atoms with Crippen LogP contribution in [0.2, 0.25) is 0 Å². The maximum absolute atomic E-state index is 13.2. The summed E-state index contributed by atoms with van der Waals surface area (Å²) < 4.78 is 5.91. The first kappa shape index (κ1) is 55.6. The Labute approximate surface area is 358 Å². The van der Waals surface area contributed by atoms with E-state index in [0.717, 1.165) is 96.3 Å². The standard InChI is InChI=1S/C52H93NO5/c1-4-7-10-13-16-19-21-23-24-25-26-28-29-32-34-37-40-43-48(58-52(57)45-42-39-36-33-30-27-22-20-17-14-11-8-5-2)46-51(56)53-49(47-54)50(55)44-41-38-35-31-18-15-12-9-6-3/h8,11,14,16-17,19-20,22-24,48-50,54-55H,4-7,9-10,12-13,15,18,21,25-47H2,1-3H3,(H,53,56)/b11-8+,17-14+,19-16-,22-20-,24-23-. The number of carbonyl (C=O) groups is 2. The van der Waals surface area contributed by atoms with E-state index >= 15 is 0 Å². The first-order valence-corrected chi connectivity index (χ1v) is 24.5. The molecular weight excluding hydrogens is 719 g/mol. The van der Waals surface area contributed by atoms with Gasteiger partial charge in [-0.2, -0.15) is 0 Å². The molecule has 3 unspecified atom stereocenters. The molecular formula is C52H93NO5. The van der Waals surface area contributed by atoms with Gasteiger partial charge in [0.25, 0.3) is 0 Å². The minimum absolute atomic E-state index is 0.0623. The van der Waals surface area contributed by atoms with Gasteiger partial charge in [-0.25, -0.2) is 0 Å². The number of unbranched alkanes of at least 4 members (excludes halogenated alkanes) is 23. The molecule has 0 aliphatic rings. The van der Waals surface area contributed by atoms with Crippen molar-refractivity contribution < 1.29 is 24.5 Å². The van der Waals surface area contributed by atoms with Crippen molar-refractivity contribution in [2.45, 2.75) is 251 Å². The lowest BCUT2D eigenvalue weighted by Gasteiger charge is -2.24. The molecule has 0 saturated carbocycles. The lowest BCUT2D eigenvalue weighted by atomic mass is 10.0. The number of rotatable bonds is 43. The van der Waals surface area contributed by atoms with Crippen molar-refractivity contribution in [1.29, 1.82) is 0 Å². The highest BCUT2D eigenvalue weighted by molar-refractivity contribution is 5.77. The summed E-state index contributed by atoms with van der Waals surface area (Å²) in [6.45, 7) is 6.30. The third-order valence-electron chi connectivity index (χ3n) is 10.9. The molecule has 58 heavy (non-hydrogen) atoms. The van der Waals surface area contributed by atoms with Crippen LogP contribution in [0.1, 0.15) is 233 Å². The number of allylic oxidation sites excluding steroid dienone is 10. The van der Waals surface area contributed by atoms with E-state index in [1.54, 1.807) is 0 Å². The third kappa shape index (κ3) is 40.3. The fraction of sp³-hybridized carbons (Fsp3) is 0.769. The van der Waals surface area contributed by atoms with Crippen LogP contribution >= 0.6 is 0 Å². The number of nitrogens with one attached hydrogen (secondary N) is 1. The first-order chi connectivity index (χ1) is 28.5. The van der Waals surface area contributed by atoms with Crippen LogP contribution < -0.4 is 5.32 Å². The molecule has 3 atom stereocenters. The van der Waals surface area contributed by atoms with E-state index in [1.165, 1.54) is 89.9 Å². The van der Waals surface area contributed by atoms with Crippen molar-refractivity contribution in [3.8, 4) is 0 Å². The van der Waals surface area contributed by atoms with Crippen LogP contribution in [0.4, 0.5) is 0 Å². The zero-order chi connectivity index (χ0) is 42.4. The molecule has 0 aliphatic carbocycles. The summed E-state index contributed by atoms with van der Waals surface area (Å²) in [6, 6.07) is -0.708. The lowest BCUT2D eigenvalue weighted by molar-refractivity contribution is -0.151. The molecule has 0 aromatic rings. The number of amides is 1. The normalized spacial score (nSPS) is 13.8. The lowest BCUT2D eigenvalue weighted by Crippen LogP contribution is -2.46. The highest BCUT2D eigenvalue weighted by Gasteiger charge is 2.24. The number of ether oxygens (including phenoxy) is 1. The van der Waals surface area contributed by atoms with Gasteiger partial charge in [-0.1, -0.05) is 204 Å². The third-order valence-corrected chi connectivity index (χ3v) is 10.9. The monoisotopic (exact) mass is 812 g/mol. The van der Waals surface area contributed by atoms with Gasteiger partial charge >= 0.3 is 5.97 Å². The molecule has 6 heteroatoms. The average molecular weight is 812 g/mol. The molecule has 0 fully saturated rings. The van der Waals surface area contributed by atoms with Crippen molar-refractivity contribution in [2.24, 2.45) is 0 Å². The fourth-order valence-corrected chi connectivity index (χ4v) is 7.17. The van der Waals surface area contributed by atoms with Crippen molar-refractivity contribution in [1.82, 2.24) is 5.32 Å². The average Bonchev–Trinajstić information content (AvgIpc) is 3.22. The van der Waals surface area contributed by atoms with Crippen LogP contribution in [-0.2, 0) is 14.3 Å². The van der Waals surface area contributed by atoms with E-state index in [2.05, 4.69) is 86.8 Å². The van der Waals surface area contributed by atoms with Crippen LogP contribution in [-0.4, -0.2) is 46.9 Å². The molecule has 0 aromatic heterocycles.